The van der Waals surface area contributed by atoms with Crippen molar-refractivity contribution in [2.45, 2.75) is 50.0 Å². The fourth-order valence-corrected chi connectivity index (χ4v) is 3.35. The van der Waals surface area contributed by atoms with E-state index in [0.29, 0.717) is 19.3 Å². The number of carbonyl (C=O) groups excluding carboxylic acids is 1. The highest BCUT2D eigenvalue weighted by Crippen LogP contribution is 2.39. The van der Waals surface area contributed by atoms with Crippen LogP contribution in [0, 0.1) is 18.4 Å². The lowest BCUT2D eigenvalue weighted by Gasteiger charge is -2.26. The molecule has 0 spiro atoms. The number of aromatic nitrogens is 4. The van der Waals surface area contributed by atoms with Crippen molar-refractivity contribution in [3.05, 3.63) is 12.4 Å². The van der Waals surface area contributed by atoms with E-state index >= 15 is 0 Å². The maximum Gasteiger partial charge on any atom is 0.508 e. The number of aliphatic hydroxyl groups excluding tert-OH is 1. The molecule has 0 bridgehead atoms. The van der Waals surface area contributed by atoms with Crippen molar-refractivity contribution in [1.29, 1.82) is 0 Å². The quantitative estimate of drug-likeness (QED) is 0.215. The van der Waals surface area contributed by atoms with Crippen molar-refractivity contribution in [3.63, 3.8) is 0 Å². The number of fused-ring (bicyclic) bond motifs is 1. The molecule has 12 nitrogen and oxygen atoms in total. The Balaban J connectivity index is 1.66. The Morgan fingerprint density at radius 1 is 1.41 bits per heavy atom. The van der Waals surface area contributed by atoms with Gasteiger partial charge in [-0.1, -0.05) is 5.92 Å². The SMILES string of the molecule is C#C[C@]1(CO)O[C@@H](n2cnc3c(N)nc(F)nc32)C[C@@H]1OC(=O)OCCCCCC(=O)O. The number of carbonyl (C=O) groups is 2. The fourth-order valence-electron chi connectivity index (χ4n) is 3.35. The van der Waals surface area contributed by atoms with Crippen molar-refractivity contribution in [2.24, 2.45) is 0 Å². The van der Waals surface area contributed by atoms with Crippen LogP contribution in [0.3, 0.4) is 0 Å². The molecule has 4 N–H and O–H groups in total. The summed E-state index contributed by atoms with van der Waals surface area (Å²) in [4.78, 5) is 33.7. The molecular weight excluding hydrogens is 429 g/mol. The van der Waals surface area contributed by atoms with Crippen LogP contribution in [0.4, 0.5) is 15.0 Å². The summed E-state index contributed by atoms with van der Waals surface area (Å²) in [5, 5.41) is 18.5. The monoisotopic (exact) mass is 451 g/mol. The first-order valence-electron chi connectivity index (χ1n) is 9.77. The summed E-state index contributed by atoms with van der Waals surface area (Å²) >= 11 is 0. The normalized spacial score (nSPS) is 22.5. The molecule has 1 aliphatic heterocycles. The molecule has 172 valence electrons. The maximum absolute atomic E-state index is 13.6. The number of anilines is 1. The molecule has 0 saturated carbocycles. The number of nitrogen functional groups attached to an aromatic ring is 1. The van der Waals surface area contributed by atoms with E-state index in [1.54, 1.807) is 0 Å². The molecule has 0 aliphatic carbocycles. The van der Waals surface area contributed by atoms with Crippen LogP contribution >= 0.6 is 0 Å². The Hall–Kier alpha value is -3.50. The van der Waals surface area contributed by atoms with Crippen LogP contribution in [-0.4, -0.2) is 66.8 Å². The lowest BCUT2D eigenvalue weighted by atomic mass is 9.99. The second kappa shape index (κ2) is 9.75. The van der Waals surface area contributed by atoms with Gasteiger partial charge >= 0.3 is 18.2 Å². The number of ether oxygens (including phenoxy) is 3. The summed E-state index contributed by atoms with van der Waals surface area (Å²) in [6, 6.07) is 0. The van der Waals surface area contributed by atoms with Gasteiger partial charge in [0.05, 0.1) is 19.5 Å². The summed E-state index contributed by atoms with van der Waals surface area (Å²) in [7, 11) is 0. The Bertz CT molecular complexity index is 1040. The highest BCUT2D eigenvalue weighted by Gasteiger charge is 2.51. The average molecular weight is 451 g/mol. The molecule has 0 radical (unpaired) electrons. The number of aliphatic carboxylic acids is 1. The fraction of sp³-hybridized carbons (Fsp3) is 0.526. The van der Waals surface area contributed by atoms with Crippen molar-refractivity contribution in [1.82, 2.24) is 19.5 Å². The van der Waals surface area contributed by atoms with Crippen LogP contribution in [0.15, 0.2) is 6.33 Å². The van der Waals surface area contributed by atoms with Gasteiger partial charge in [-0.3, -0.25) is 9.36 Å². The van der Waals surface area contributed by atoms with Crippen LogP contribution in [0.5, 0.6) is 0 Å². The number of imidazole rings is 1. The van der Waals surface area contributed by atoms with E-state index in [4.69, 9.17) is 31.5 Å². The average Bonchev–Trinajstić information content (AvgIpc) is 3.32. The topological polar surface area (TPSA) is 172 Å². The van der Waals surface area contributed by atoms with Crippen molar-refractivity contribution < 1.29 is 38.4 Å². The predicted molar refractivity (Wildman–Crippen MR) is 105 cm³/mol. The molecule has 3 atom stereocenters. The molecule has 32 heavy (non-hydrogen) atoms. The third-order valence-corrected chi connectivity index (χ3v) is 4.99. The van der Waals surface area contributed by atoms with Crippen LogP contribution in [0.25, 0.3) is 11.2 Å². The molecule has 1 fully saturated rings. The molecule has 0 aromatic carbocycles. The number of carboxylic acids is 1. The van der Waals surface area contributed by atoms with Crippen LogP contribution in [-0.2, 0) is 19.0 Å². The van der Waals surface area contributed by atoms with Gasteiger partial charge in [0.25, 0.3) is 0 Å². The van der Waals surface area contributed by atoms with Crippen LogP contribution < -0.4 is 5.73 Å². The zero-order valence-electron chi connectivity index (χ0n) is 16.9. The number of nitrogens with zero attached hydrogens (tertiary/aromatic N) is 4. The predicted octanol–water partition coefficient (Wildman–Crippen LogP) is 0.998. The summed E-state index contributed by atoms with van der Waals surface area (Å²) < 4.78 is 31.1. The molecule has 2 aromatic rings. The molecule has 2 aromatic heterocycles. The summed E-state index contributed by atoms with van der Waals surface area (Å²) in [5.74, 6) is 1.27. The zero-order valence-corrected chi connectivity index (χ0v) is 16.9. The zero-order chi connectivity index (χ0) is 23.3. The van der Waals surface area contributed by atoms with E-state index in [-0.39, 0.29) is 36.4 Å². The van der Waals surface area contributed by atoms with E-state index in [0.717, 1.165) is 0 Å². The smallest absolute Gasteiger partial charge is 0.481 e. The van der Waals surface area contributed by atoms with Crippen LogP contribution in [0.1, 0.15) is 38.3 Å². The molecule has 1 aliphatic rings. The third kappa shape index (κ3) is 4.87. The first-order valence-corrected chi connectivity index (χ1v) is 9.77. The molecule has 0 unspecified atom stereocenters. The van der Waals surface area contributed by atoms with Gasteiger partial charge < -0.3 is 30.2 Å². The Morgan fingerprint density at radius 3 is 2.88 bits per heavy atom. The Kier molecular flexibility index (Phi) is 7.06. The van der Waals surface area contributed by atoms with Crippen molar-refractivity contribution in [3.8, 4) is 12.3 Å². The third-order valence-electron chi connectivity index (χ3n) is 4.99. The minimum Gasteiger partial charge on any atom is -0.481 e. The number of nitrogens with two attached hydrogens (primary N) is 1. The van der Waals surface area contributed by atoms with E-state index < -0.39 is 42.7 Å². The van der Waals surface area contributed by atoms with Gasteiger partial charge in [-0.15, -0.1) is 6.42 Å². The molecular formula is C19H22FN5O7. The number of hydrogen-bond donors (Lipinski definition) is 3. The highest BCUT2D eigenvalue weighted by molar-refractivity contribution is 5.81. The number of unbranched alkanes of at least 4 members (excludes halogenated alkanes) is 2. The minimum absolute atomic E-state index is 0.00451. The van der Waals surface area contributed by atoms with Crippen LogP contribution in [0.2, 0.25) is 0 Å². The molecule has 3 rings (SSSR count). The lowest BCUT2D eigenvalue weighted by Crippen LogP contribution is -2.44. The maximum atomic E-state index is 13.6. The Labute approximate surface area is 181 Å². The van der Waals surface area contributed by atoms with Gasteiger partial charge in [0.15, 0.2) is 28.7 Å². The van der Waals surface area contributed by atoms with Crippen molar-refractivity contribution >= 4 is 29.1 Å². The largest absolute Gasteiger partial charge is 0.508 e. The molecule has 1 saturated heterocycles. The Morgan fingerprint density at radius 2 is 2.19 bits per heavy atom. The number of aliphatic hydroxyl groups is 1. The summed E-state index contributed by atoms with van der Waals surface area (Å²) in [6.45, 7) is -0.634. The summed E-state index contributed by atoms with van der Waals surface area (Å²) in [6.07, 6.45) is 4.33. The lowest BCUT2D eigenvalue weighted by molar-refractivity contribution is -0.137. The molecule has 0 amide bonds. The van der Waals surface area contributed by atoms with Gasteiger partial charge in [0.2, 0.25) is 0 Å². The van der Waals surface area contributed by atoms with E-state index in [1.807, 2.05) is 0 Å². The molecule has 3 heterocycles. The number of terminal acetylenes is 1. The standard InChI is InChI=1S/C19H22FN5O7/c1-2-19(9-26)11(31-18(29)30-7-5-3-4-6-13(27)28)8-12(32-19)25-10-22-14-15(21)23-17(20)24-16(14)25/h1,10-12,26H,3-9H2,(H,27,28)(H2,21,23,24)/t11-,12+,19+/m0/s1. The van der Waals surface area contributed by atoms with Gasteiger partial charge in [0.1, 0.15) is 6.23 Å². The van der Waals surface area contributed by atoms with Gasteiger partial charge in [-0.05, 0) is 19.3 Å². The number of halogens is 1. The van der Waals surface area contributed by atoms with E-state index in [9.17, 15) is 19.1 Å². The molecule has 13 heteroatoms. The first-order chi connectivity index (χ1) is 15.3. The minimum atomic E-state index is -1.67. The number of rotatable bonds is 9. The number of hydrogen-bond acceptors (Lipinski definition) is 10. The van der Waals surface area contributed by atoms with Gasteiger partial charge in [0, 0.05) is 12.8 Å². The number of carboxylic acid groups (broad SMARTS) is 1. The van der Waals surface area contributed by atoms with E-state index in [2.05, 4.69) is 20.9 Å². The highest BCUT2D eigenvalue weighted by atomic mass is 19.1. The van der Waals surface area contributed by atoms with Gasteiger partial charge in [-0.2, -0.15) is 14.4 Å². The second-order valence-corrected chi connectivity index (χ2v) is 7.11. The second-order valence-electron chi connectivity index (χ2n) is 7.11. The van der Waals surface area contributed by atoms with Crippen molar-refractivity contribution in [2.75, 3.05) is 18.9 Å². The summed E-state index contributed by atoms with van der Waals surface area (Å²) in [5.41, 5.74) is 4.20. The van der Waals surface area contributed by atoms with E-state index in [1.165, 1.54) is 10.9 Å². The first kappa shape index (κ1) is 23.2. The van der Waals surface area contributed by atoms with Gasteiger partial charge in [-0.25, -0.2) is 9.78 Å².